The Morgan fingerprint density at radius 2 is 2.20 bits per heavy atom. The maximum atomic E-state index is 8.40. The smallest absolute Gasteiger partial charge is 0.115 e. The van der Waals surface area contributed by atoms with Crippen molar-refractivity contribution >= 4 is 24.9 Å². The Morgan fingerprint density at radius 1 is 1.50 bits per heavy atom. The van der Waals surface area contributed by atoms with Crippen molar-refractivity contribution < 1.29 is 0 Å². The number of benzene rings is 1. The quantitative estimate of drug-likeness (QED) is 0.502. The molecule has 0 atom stereocenters. The Labute approximate surface area is 65.6 Å². The summed E-state index contributed by atoms with van der Waals surface area (Å²) in [7, 11) is 5.40. The van der Waals surface area contributed by atoms with Crippen LogP contribution >= 0.6 is 11.6 Å². The minimum absolute atomic E-state index is 0.430. The normalized spacial score (nSPS) is 8.80. The van der Waals surface area contributed by atoms with Crippen molar-refractivity contribution in [1.82, 2.24) is 0 Å². The van der Waals surface area contributed by atoms with E-state index in [9.17, 15) is 0 Å². The van der Waals surface area contributed by atoms with Crippen molar-refractivity contribution in [2.75, 3.05) is 0 Å². The first-order valence-electron chi connectivity index (χ1n) is 2.69. The second kappa shape index (κ2) is 2.77. The van der Waals surface area contributed by atoms with E-state index in [2.05, 4.69) is 0 Å². The van der Waals surface area contributed by atoms with Crippen LogP contribution in [0.15, 0.2) is 18.2 Å². The van der Waals surface area contributed by atoms with Crippen molar-refractivity contribution in [2.24, 2.45) is 0 Å². The molecule has 0 bridgehead atoms. The van der Waals surface area contributed by atoms with Gasteiger partial charge in [0.15, 0.2) is 0 Å². The van der Waals surface area contributed by atoms with Crippen molar-refractivity contribution in [3.63, 3.8) is 0 Å². The van der Waals surface area contributed by atoms with Gasteiger partial charge in [-0.3, -0.25) is 0 Å². The van der Waals surface area contributed by atoms with E-state index in [0.29, 0.717) is 16.0 Å². The molecule has 1 aromatic rings. The third-order valence-corrected chi connectivity index (χ3v) is 1.46. The Kier molecular flexibility index (Phi) is 1.98. The molecule has 2 radical (unpaired) electrons. The summed E-state index contributed by atoms with van der Waals surface area (Å²) in [6, 6.07) is 6.73. The van der Waals surface area contributed by atoms with Gasteiger partial charge in [0.2, 0.25) is 0 Å². The van der Waals surface area contributed by atoms with Gasteiger partial charge in [0.25, 0.3) is 0 Å². The van der Waals surface area contributed by atoms with Crippen LogP contribution in [0, 0.1) is 11.3 Å². The molecule has 0 saturated heterocycles. The zero-order valence-corrected chi connectivity index (χ0v) is 5.89. The lowest BCUT2D eigenvalue weighted by Gasteiger charge is -1.95. The van der Waals surface area contributed by atoms with Gasteiger partial charge in [-0.2, -0.15) is 5.26 Å². The molecular weight excluding hydrogens is 144 g/mol. The molecule has 0 fully saturated rings. The van der Waals surface area contributed by atoms with Gasteiger partial charge in [-0.05, 0) is 12.1 Å². The van der Waals surface area contributed by atoms with Crippen LogP contribution in [-0.2, 0) is 0 Å². The molecule has 0 aliphatic rings. The Bertz CT molecular complexity index is 290. The summed E-state index contributed by atoms with van der Waals surface area (Å²) in [4.78, 5) is 0. The molecule has 1 nitrogen and oxygen atoms in total. The van der Waals surface area contributed by atoms with Crippen LogP contribution in [0.1, 0.15) is 5.56 Å². The molecule has 0 unspecified atom stereocenters. The number of rotatable bonds is 0. The van der Waals surface area contributed by atoms with E-state index in [1.165, 1.54) is 6.07 Å². The zero-order valence-electron chi connectivity index (χ0n) is 5.13. The Hall–Kier alpha value is -0.935. The van der Waals surface area contributed by atoms with Crippen LogP contribution in [0.4, 0.5) is 0 Å². The van der Waals surface area contributed by atoms with E-state index in [0.717, 1.165) is 0 Å². The van der Waals surface area contributed by atoms with E-state index in [4.69, 9.17) is 24.7 Å². The average Bonchev–Trinajstić information content (AvgIpc) is 1.95. The molecule has 0 N–H and O–H groups in total. The van der Waals surface area contributed by atoms with Crippen molar-refractivity contribution in [1.29, 1.82) is 5.26 Å². The lowest BCUT2D eigenvalue weighted by molar-refractivity contribution is 1.49. The van der Waals surface area contributed by atoms with Crippen LogP contribution < -0.4 is 5.46 Å². The van der Waals surface area contributed by atoms with Gasteiger partial charge in [-0.1, -0.05) is 23.1 Å². The van der Waals surface area contributed by atoms with Crippen molar-refractivity contribution in [3.05, 3.63) is 28.8 Å². The average molecular weight is 147 g/mol. The highest BCUT2D eigenvalue weighted by Crippen LogP contribution is 2.05. The van der Waals surface area contributed by atoms with Gasteiger partial charge in [-0.25, -0.2) is 0 Å². The number of hydrogen-bond donors (Lipinski definition) is 0. The van der Waals surface area contributed by atoms with E-state index in [1.54, 1.807) is 12.1 Å². The van der Waals surface area contributed by atoms with E-state index < -0.39 is 0 Å². The summed E-state index contributed by atoms with van der Waals surface area (Å²) in [5.41, 5.74) is 1.03. The van der Waals surface area contributed by atoms with Crippen LogP contribution in [0.25, 0.3) is 0 Å². The highest BCUT2D eigenvalue weighted by Gasteiger charge is 1.94. The second-order valence-corrected chi connectivity index (χ2v) is 2.26. The topological polar surface area (TPSA) is 23.8 Å². The fourth-order valence-corrected chi connectivity index (χ4v) is 0.777. The molecule has 1 aromatic carbocycles. The van der Waals surface area contributed by atoms with E-state index in [-0.39, 0.29) is 0 Å². The minimum atomic E-state index is 0.430. The van der Waals surface area contributed by atoms with Gasteiger partial charge in [0, 0.05) is 5.02 Å². The van der Waals surface area contributed by atoms with Crippen LogP contribution in [0.5, 0.6) is 0 Å². The molecule has 0 aliphatic heterocycles. The maximum Gasteiger partial charge on any atom is 0.115 e. The van der Waals surface area contributed by atoms with Crippen molar-refractivity contribution in [3.8, 4) is 6.07 Å². The molecule has 10 heavy (non-hydrogen) atoms. The SMILES string of the molecule is [B]c1ccc(C#N)cc1Cl. The molecule has 0 spiro atoms. The number of nitriles is 1. The molecule has 0 heterocycles. The number of hydrogen-bond acceptors (Lipinski definition) is 1. The predicted octanol–water partition coefficient (Wildman–Crippen LogP) is 1.01. The van der Waals surface area contributed by atoms with Crippen LogP contribution in [0.3, 0.4) is 0 Å². The summed E-state index contributed by atoms with van der Waals surface area (Å²) >= 11 is 5.62. The Morgan fingerprint density at radius 3 is 2.70 bits per heavy atom. The highest BCUT2D eigenvalue weighted by molar-refractivity contribution is 6.45. The fourth-order valence-electron chi connectivity index (χ4n) is 0.597. The third kappa shape index (κ3) is 1.31. The van der Waals surface area contributed by atoms with Gasteiger partial charge in [-0.15, -0.1) is 0 Å². The van der Waals surface area contributed by atoms with E-state index >= 15 is 0 Å². The summed E-state index contributed by atoms with van der Waals surface area (Å²) in [6.45, 7) is 0. The zero-order chi connectivity index (χ0) is 7.56. The van der Waals surface area contributed by atoms with Gasteiger partial charge >= 0.3 is 0 Å². The molecule has 0 aromatic heterocycles. The monoisotopic (exact) mass is 147 g/mol. The summed E-state index contributed by atoms with van der Waals surface area (Å²) in [5.74, 6) is 0. The molecule has 1 rings (SSSR count). The third-order valence-electron chi connectivity index (χ3n) is 1.13. The van der Waals surface area contributed by atoms with Crippen LogP contribution in [-0.4, -0.2) is 7.85 Å². The fraction of sp³-hybridized carbons (Fsp3) is 0. The number of halogens is 1. The molecule has 3 heteroatoms. The molecule has 0 aliphatic carbocycles. The lowest BCUT2D eigenvalue weighted by atomic mass is 9.95. The first kappa shape index (κ1) is 7.18. The largest absolute Gasteiger partial charge is 0.192 e. The second-order valence-electron chi connectivity index (χ2n) is 1.85. The molecular formula is C7H3BClN. The first-order valence-corrected chi connectivity index (χ1v) is 3.07. The minimum Gasteiger partial charge on any atom is -0.192 e. The first-order chi connectivity index (χ1) is 4.74. The predicted molar refractivity (Wildman–Crippen MR) is 41.6 cm³/mol. The number of nitrogens with zero attached hydrogens (tertiary/aromatic N) is 1. The molecule has 46 valence electrons. The van der Waals surface area contributed by atoms with Gasteiger partial charge in [0.1, 0.15) is 7.85 Å². The van der Waals surface area contributed by atoms with Gasteiger partial charge in [0.05, 0.1) is 11.6 Å². The summed E-state index contributed by atoms with van der Waals surface area (Å²) < 4.78 is 0. The molecule has 0 amide bonds. The molecule has 0 saturated carbocycles. The van der Waals surface area contributed by atoms with Crippen LogP contribution in [0.2, 0.25) is 5.02 Å². The summed E-state index contributed by atoms with van der Waals surface area (Å²) in [5, 5.41) is 8.83. The standard InChI is InChI=1S/C7H3BClN/c8-6-2-1-5(4-10)3-7(6)9/h1-3H. The highest BCUT2D eigenvalue weighted by atomic mass is 35.5. The lowest BCUT2D eigenvalue weighted by Crippen LogP contribution is -2.02. The van der Waals surface area contributed by atoms with Gasteiger partial charge < -0.3 is 0 Å². The Balaban J connectivity index is 3.20. The van der Waals surface area contributed by atoms with E-state index in [1.807, 2.05) is 6.07 Å². The summed E-state index contributed by atoms with van der Waals surface area (Å²) in [6.07, 6.45) is 0. The van der Waals surface area contributed by atoms with Crippen molar-refractivity contribution in [2.45, 2.75) is 0 Å². The maximum absolute atomic E-state index is 8.40.